The highest BCUT2D eigenvalue weighted by Crippen LogP contribution is 2.20. The molecule has 1 saturated heterocycles. The van der Waals surface area contributed by atoms with Crippen LogP contribution in [0.4, 0.5) is 0 Å². The number of hydrogen-bond acceptors (Lipinski definition) is 3. The third-order valence-electron chi connectivity index (χ3n) is 4.64. The zero-order valence-corrected chi connectivity index (χ0v) is 17.1. The molecule has 1 unspecified atom stereocenters. The van der Waals surface area contributed by atoms with Gasteiger partial charge in [-0.2, -0.15) is 0 Å². The molecule has 0 aromatic rings. The Morgan fingerprint density at radius 2 is 2.04 bits per heavy atom. The van der Waals surface area contributed by atoms with Crippen molar-refractivity contribution < 1.29 is 9.47 Å². The number of ether oxygens (including phenoxy) is 2. The van der Waals surface area contributed by atoms with Crippen molar-refractivity contribution in [2.75, 3.05) is 47.0 Å². The molecule has 1 saturated carbocycles. The lowest BCUT2D eigenvalue weighted by molar-refractivity contribution is 0.0276. The van der Waals surface area contributed by atoms with Crippen LogP contribution in [0, 0.1) is 5.92 Å². The van der Waals surface area contributed by atoms with E-state index in [2.05, 4.69) is 22.3 Å². The highest BCUT2D eigenvalue weighted by Gasteiger charge is 2.19. The monoisotopic (exact) mass is 439 g/mol. The van der Waals surface area contributed by atoms with Crippen LogP contribution in [0.5, 0.6) is 0 Å². The van der Waals surface area contributed by atoms with Gasteiger partial charge in [-0.05, 0) is 25.7 Å². The number of rotatable bonds is 7. The minimum absolute atomic E-state index is 0. The summed E-state index contributed by atoms with van der Waals surface area (Å²) in [5, 5.41) is 3.44. The van der Waals surface area contributed by atoms with Gasteiger partial charge in [-0.1, -0.05) is 19.3 Å². The van der Waals surface area contributed by atoms with Gasteiger partial charge in [0.15, 0.2) is 5.96 Å². The summed E-state index contributed by atoms with van der Waals surface area (Å²) >= 11 is 0. The van der Waals surface area contributed by atoms with Crippen molar-refractivity contribution in [2.45, 2.75) is 51.0 Å². The zero-order valence-electron chi connectivity index (χ0n) is 14.8. The molecule has 5 nitrogen and oxygen atoms in total. The second-order valence-corrected chi connectivity index (χ2v) is 6.57. The third kappa shape index (κ3) is 8.03. The fourth-order valence-electron chi connectivity index (χ4n) is 3.34. The highest BCUT2D eigenvalue weighted by molar-refractivity contribution is 14.0. The lowest BCUT2D eigenvalue weighted by atomic mass is 9.98. The second kappa shape index (κ2) is 12.3. The van der Waals surface area contributed by atoms with Crippen LogP contribution in [0.15, 0.2) is 4.99 Å². The number of aliphatic imine (C=N–C) groups is 1. The molecule has 0 amide bonds. The standard InChI is InChI=1S/C17H33N3O2.HI/c1-18-17(20(2)13-15-9-12-21-14-15)19-10-6-11-22-16-7-4-3-5-8-16;/h15-16H,3-14H2,1-2H3,(H,18,19);1H. The van der Waals surface area contributed by atoms with Crippen molar-refractivity contribution in [3.63, 3.8) is 0 Å². The van der Waals surface area contributed by atoms with Crippen LogP contribution in [-0.2, 0) is 9.47 Å². The van der Waals surface area contributed by atoms with E-state index < -0.39 is 0 Å². The molecule has 1 N–H and O–H groups in total. The van der Waals surface area contributed by atoms with Gasteiger partial charge in [0.25, 0.3) is 0 Å². The number of nitrogens with zero attached hydrogens (tertiary/aromatic N) is 2. The molecule has 2 fully saturated rings. The average molecular weight is 439 g/mol. The van der Waals surface area contributed by atoms with Crippen molar-refractivity contribution >= 4 is 29.9 Å². The number of guanidine groups is 1. The first-order valence-electron chi connectivity index (χ1n) is 8.90. The van der Waals surface area contributed by atoms with Gasteiger partial charge in [0.1, 0.15) is 0 Å². The summed E-state index contributed by atoms with van der Waals surface area (Å²) in [6.07, 6.45) is 9.28. The first-order chi connectivity index (χ1) is 10.8. The number of hydrogen-bond donors (Lipinski definition) is 1. The summed E-state index contributed by atoms with van der Waals surface area (Å²) in [5.74, 6) is 1.61. The topological polar surface area (TPSA) is 46.1 Å². The summed E-state index contributed by atoms with van der Waals surface area (Å²) in [4.78, 5) is 6.58. The first-order valence-corrected chi connectivity index (χ1v) is 8.90. The van der Waals surface area contributed by atoms with Crippen LogP contribution in [-0.4, -0.2) is 64.0 Å². The van der Waals surface area contributed by atoms with Gasteiger partial charge in [-0.15, -0.1) is 24.0 Å². The lowest BCUT2D eigenvalue weighted by Crippen LogP contribution is -2.42. The van der Waals surface area contributed by atoms with E-state index in [1.165, 1.54) is 32.1 Å². The third-order valence-corrected chi connectivity index (χ3v) is 4.64. The molecule has 0 bridgehead atoms. The van der Waals surface area contributed by atoms with Gasteiger partial charge < -0.3 is 19.7 Å². The van der Waals surface area contributed by atoms with Gasteiger partial charge in [0, 0.05) is 46.3 Å². The Labute approximate surface area is 158 Å². The van der Waals surface area contributed by atoms with Crippen LogP contribution in [0.1, 0.15) is 44.9 Å². The minimum atomic E-state index is 0. The van der Waals surface area contributed by atoms with Crippen molar-refractivity contribution in [2.24, 2.45) is 10.9 Å². The largest absolute Gasteiger partial charge is 0.381 e. The normalized spacial score (nSPS) is 22.7. The summed E-state index contributed by atoms with van der Waals surface area (Å²) < 4.78 is 11.4. The van der Waals surface area contributed by atoms with Crippen LogP contribution in [0.3, 0.4) is 0 Å². The molecule has 6 heteroatoms. The summed E-state index contributed by atoms with van der Waals surface area (Å²) in [6.45, 7) is 4.58. The molecule has 2 aliphatic rings. The molecular formula is C17H34IN3O2. The smallest absolute Gasteiger partial charge is 0.193 e. The molecule has 1 heterocycles. The fraction of sp³-hybridized carbons (Fsp3) is 0.941. The molecule has 23 heavy (non-hydrogen) atoms. The predicted octanol–water partition coefficient (Wildman–Crippen LogP) is 2.89. The van der Waals surface area contributed by atoms with E-state index in [0.29, 0.717) is 12.0 Å². The molecule has 1 aliphatic carbocycles. The Hall–Kier alpha value is -0.0800. The maximum atomic E-state index is 5.96. The molecule has 0 aromatic heterocycles. The Morgan fingerprint density at radius 1 is 1.26 bits per heavy atom. The summed E-state index contributed by atoms with van der Waals surface area (Å²) in [5.41, 5.74) is 0. The molecule has 0 radical (unpaired) electrons. The van der Waals surface area contributed by atoms with Gasteiger partial charge in [0.2, 0.25) is 0 Å². The van der Waals surface area contributed by atoms with E-state index in [0.717, 1.165) is 51.7 Å². The highest BCUT2D eigenvalue weighted by atomic mass is 127. The van der Waals surface area contributed by atoms with Crippen LogP contribution in [0.2, 0.25) is 0 Å². The van der Waals surface area contributed by atoms with Crippen LogP contribution in [0.25, 0.3) is 0 Å². The summed E-state index contributed by atoms with van der Waals surface area (Å²) in [6, 6.07) is 0. The molecule has 136 valence electrons. The maximum absolute atomic E-state index is 5.96. The molecule has 0 spiro atoms. The lowest BCUT2D eigenvalue weighted by Gasteiger charge is -2.25. The van der Waals surface area contributed by atoms with E-state index in [9.17, 15) is 0 Å². The molecule has 1 atom stereocenters. The zero-order chi connectivity index (χ0) is 15.6. The Kier molecular flexibility index (Phi) is 11.2. The van der Waals surface area contributed by atoms with Crippen molar-refractivity contribution in [3.8, 4) is 0 Å². The van der Waals surface area contributed by atoms with Crippen LogP contribution < -0.4 is 5.32 Å². The number of nitrogens with one attached hydrogen (secondary N) is 1. The molecule has 2 rings (SSSR count). The average Bonchev–Trinajstić information content (AvgIpc) is 3.04. The molecule has 0 aromatic carbocycles. The van der Waals surface area contributed by atoms with Gasteiger partial charge in [-0.3, -0.25) is 4.99 Å². The summed E-state index contributed by atoms with van der Waals surface area (Å²) in [7, 11) is 3.95. The predicted molar refractivity (Wildman–Crippen MR) is 106 cm³/mol. The van der Waals surface area contributed by atoms with Crippen molar-refractivity contribution in [3.05, 3.63) is 0 Å². The van der Waals surface area contributed by atoms with Gasteiger partial charge >= 0.3 is 0 Å². The first kappa shape index (κ1) is 21.0. The van der Waals surface area contributed by atoms with E-state index in [4.69, 9.17) is 9.47 Å². The maximum Gasteiger partial charge on any atom is 0.193 e. The Morgan fingerprint density at radius 3 is 2.70 bits per heavy atom. The Bertz CT molecular complexity index is 330. The van der Waals surface area contributed by atoms with Gasteiger partial charge in [-0.25, -0.2) is 0 Å². The van der Waals surface area contributed by atoms with E-state index in [1.54, 1.807) is 0 Å². The quantitative estimate of drug-likeness (QED) is 0.287. The van der Waals surface area contributed by atoms with E-state index in [1.807, 2.05) is 7.05 Å². The minimum Gasteiger partial charge on any atom is -0.381 e. The SMILES string of the molecule is CN=C(NCCCOC1CCCCC1)N(C)CC1CCOC1.I. The second-order valence-electron chi connectivity index (χ2n) is 6.57. The van der Waals surface area contributed by atoms with Crippen molar-refractivity contribution in [1.29, 1.82) is 0 Å². The van der Waals surface area contributed by atoms with Crippen molar-refractivity contribution in [1.82, 2.24) is 10.2 Å². The molecule has 1 aliphatic heterocycles. The van der Waals surface area contributed by atoms with E-state index >= 15 is 0 Å². The number of halogens is 1. The van der Waals surface area contributed by atoms with E-state index in [-0.39, 0.29) is 24.0 Å². The molecular weight excluding hydrogens is 405 g/mol. The van der Waals surface area contributed by atoms with Crippen LogP contribution >= 0.6 is 24.0 Å². The fourth-order valence-corrected chi connectivity index (χ4v) is 3.34. The van der Waals surface area contributed by atoms with Gasteiger partial charge in [0.05, 0.1) is 12.7 Å². The Balaban J connectivity index is 0.00000264.